The van der Waals surface area contributed by atoms with Gasteiger partial charge in [0.15, 0.2) is 0 Å². The number of nitrogens with zero attached hydrogens (tertiary/aromatic N) is 2. The molecule has 4 N–H and O–H groups in total. The number of aliphatic hydroxyl groups is 1. The zero-order valence-electron chi connectivity index (χ0n) is 12.5. The van der Waals surface area contributed by atoms with E-state index in [1.54, 1.807) is 13.2 Å². The van der Waals surface area contributed by atoms with Crippen molar-refractivity contribution in [3.8, 4) is 0 Å². The van der Waals surface area contributed by atoms with Crippen LogP contribution < -0.4 is 16.0 Å². The van der Waals surface area contributed by atoms with Crippen molar-refractivity contribution in [3.63, 3.8) is 0 Å². The predicted octanol–water partition coefficient (Wildman–Crippen LogP) is 0.750. The van der Waals surface area contributed by atoms with Crippen LogP contribution in [0.1, 0.15) is 6.42 Å². The van der Waals surface area contributed by atoms with Crippen LogP contribution >= 0.6 is 0 Å². The minimum absolute atomic E-state index is 0.0546. The number of carbonyl (C=O) groups excluding carboxylic acids is 1. The number of aromatic nitrogens is 1. The minimum Gasteiger partial charge on any atom is -0.398 e. The normalized spacial score (nSPS) is 21.3. The molecule has 0 saturated carbocycles. The van der Waals surface area contributed by atoms with E-state index < -0.39 is 6.10 Å². The lowest BCUT2D eigenvalue weighted by Gasteiger charge is -2.19. The number of nitrogens with two attached hydrogens (primary N) is 1. The summed E-state index contributed by atoms with van der Waals surface area (Å²) in [7, 11) is 1.61. The number of nitrogen functional groups attached to an aromatic ring is 1. The molecule has 2 atom stereocenters. The number of β-amino-alcohol motifs (C(OH)–C–C–N with tert-alkyl or cyclic N) is 1. The summed E-state index contributed by atoms with van der Waals surface area (Å²) in [5, 5.41) is 14.7. The molecule has 1 aromatic heterocycles. The topological polar surface area (TPSA) is 91.5 Å². The van der Waals surface area contributed by atoms with Crippen molar-refractivity contribution in [3.05, 3.63) is 30.5 Å². The van der Waals surface area contributed by atoms with E-state index in [2.05, 4.69) is 10.3 Å². The van der Waals surface area contributed by atoms with Crippen LogP contribution in [0.15, 0.2) is 30.5 Å². The first-order chi connectivity index (χ1) is 10.6. The third kappa shape index (κ3) is 2.57. The number of fused-ring (bicyclic) bond motifs is 1. The van der Waals surface area contributed by atoms with Gasteiger partial charge in [0, 0.05) is 55.1 Å². The van der Waals surface area contributed by atoms with E-state index in [1.807, 2.05) is 29.2 Å². The molecule has 1 saturated heterocycles. The van der Waals surface area contributed by atoms with Crippen molar-refractivity contribution in [2.24, 2.45) is 5.92 Å². The average molecular weight is 300 g/mol. The molecule has 6 nitrogen and oxygen atoms in total. The molecule has 6 heteroatoms. The molecule has 0 spiro atoms. The van der Waals surface area contributed by atoms with Gasteiger partial charge in [-0.3, -0.25) is 4.79 Å². The fourth-order valence-corrected chi connectivity index (χ4v) is 3.04. The first-order valence-electron chi connectivity index (χ1n) is 7.37. The molecule has 116 valence electrons. The van der Waals surface area contributed by atoms with Gasteiger partial charge >= 0.3 is 0 Å². The van der Waals surface area contributed by atoms with Crippen molar-refractivity contribution >= 4 is 28.2 Å². The van der Waals surface area contributed by atoms with E-state index in [-0.39, 0.29) is 11.8 Å². The van der Waals surface area contributed by atoms with Gasteiger partial charge in [0.05, 0.1) is 6.10 Å². The second-order valence-corrected chi connectivity index (χ2v) is 5.69. The molecule has 0 unspecified atom stereocenters. The first kappa shape index (κ1) is 14.6. The van der Waals surface area contributed by atoms with Gasteiger partial charge in [-0.25, -0.2) is 4.98 Å². The predicted molar refractivity (Wildman–Crippen MR) is 86.5 cm³/mol. The van der Waals surface area contributed by atoms with Gasteiger partial charge in [0.25, 0.3) is 0 Å². The highest BCUT2D eigenvalue weighted by Crippen LogP contribution is 2.32. The number of carbonyl (C=O) groups is 1. The summed E-state index contributed by atoms with van der Waals surface area (Å²) in [6, 6.07) is 7.63. The van der Waals surface area contributed by atoms with Gasteiger partial charge in [0.1, 0.15) is 5.82 Å². The minimum atomic E-state index is -0.532. The SMILES string of the molecule is CNC(=O)C[C@@H]1CN(c2nccc3c(N)cccc23)C[C@H]1O. The first-order valence-corrected chi connectivity index (χ1v) is 7.37. The fourth-order valence-electron chi connectivity index (χ4n) is 3.04. The number of nitrogens with one attached hydrogen (secondary N) is 1. The monoisotopic (exact) mass is 300 g/mol. The van der Waals surface area contributed by atoms with Crippen LogP contribution in [-0.4, -0.2) is 42.2 Å². The Bertz CT molecular complexity index is 704. The van der Waals surface area contributed by atoms with Gasteiger partial charge in [-0.2, -0.15) is 0 Å². The number of anilines is 2. The number of aliphatic hydroxyl groups excluding tert-OH is 1. The number of amides is 1. The molecule has 1 aliphatic heterocycles. The van der Waals surface area contributed by atoms with Crippen LogP contribution in [0.2, 0.25) is 0 Å². The molecule has 22 heavy (non-hydrogen) atoms. The van der Waals surface area contributed by atoms with Gasteiger partial charge in [-0.1, -0.05) is 12.1 Å². The molecule has 3 rings (SSSR count). The standard InChI is InChI=1S/C16H20N4O2/c1-18-15(22)7-10-8-20(9-14(10)21)16-12-3-2-4-13(17)11(12)5-6-19-16/h2-6,10,14,21H,7-9,17H2,1H3,(H,18,22)/t10-,14-/m1/s1. The Kier molecular flexibility index (Phi) is 3.85. The van der Waals surface area contributed by atoms with Crippen LogP contribution in [0, 0.1) is 5.92 Å². The Morgan fingerprint density at radius 1 is 1.41 bits per heavy atom. The highest BCUT2D eigenvalue weighted by molar-refractivity contribution is 5.99. The smallest absolute Gasteiger partial charge is 0.220 e. The van der Waals surface area contributed by atoms with Crippen molar-refractivity contribution in [2.75, 3.05) is 30.8 Å². The summed E-state index contributed by atoms with van der Waals surface area (Å²) in [6.07, 6.45) is 1.52. The third-order valence-electron chi connectivity index (χ3n) is 4.25. The average Bonchev–Trinajstić information content (AvgIpc) is 2.88. The largest absolute Gasteiger partial charge is 0.398 e. The Labute approximate surface area is 128 Å². The summed E-state index contributed by atoms with van der Waals surface area (Å²) in [5.74, 6) is 0.669. The summed E-state index contributed by atoms with van der Waals surface area (Å²) >= 11 is 0. The summed E-state index contributed by atoms with van der Waals surface area (Å²) < 4.78 is 0. The highest BCUT2D eigenvalue weighted by Gasteiger charge is 2.33. The molecule has 1 amide bonds. The maximum atomic E-state index is 11.5. The van der Waals surface area contributed by atoms with Crippen LogP contribution in [0.25, 0.3) is 10.8 Å². The highest BCUT2D eigenvalue weighted by atomic mass is 16.3. The molecule has 0 bridgehead atoms. The molecule has 1 aromatic carbocycles. The molecule has 0 aliphatic carbocycles. The van der Waals surface area contributed by atoms with E-state index in [1.165, 1.54) is 0 Å². The van der Waals surface area contributed by atoms with Crippen LogP contribution in [0.4, 0.5) is 11.5 Å². The van der Waals surface area contributed by atoms with Crippen LogP contribution in [0.3, 0.4) is 0 Å². The lowest BCUT2D eigenvalue weighted by atomic mass is 10.0. The lowest BCUT2D eigenvalue weighted by Crippen LogP contribution is -2.27. The fraction of sp³-hybridized carbons (Fsp3) is 0.375. The molecule has 2 heterocycles. The van der Waals surface area contributed by atoms with E-state index >= 15 is 0 Å². The lowest BCUT2D eigenvalue weighted by molar-refractivity contribution is -0.122. The zero-order chi connectivity index (χ0) is 15.7. The van der Waals surface area contributed by atoms with Crippen molar-refractivity contribution < 1.29 is 9.90 Å². The summed E-state index contributed by atoms with van der Waals surface area (Å²) in [4.78, 5) is 18.0. The van der Waals surface area contributed by atoms with Crippen molar-refractivity contribution in [1.29, 1.82) is 0 Å². The van der Waals surface area contributed by atoms with E-state index in [0.717, 1.165) is 16.6 Å². The quantitative estimate of drug-likeness (QED) is 0.728. The van der Waals surface area contributed by atoms with Crippen LogP contribution in [0.5, 0.6) is 0 Å². The van der Waals surface area contributed by atoms with Gasteiger partial charge in [0.2, 0.25) is 5.91 Å². The molecular formula is C16H20N4O2. The van der Waals surface area contributed by atoms with Crippen molar-refractivity contribution in [2.45, 2.75) is 12.5 Å². The van der Waals surface area contributed by atoms with Gasteiger partial charge in [-0.15, -0.1) is 0 Å². The maximum Gasteiger partial charge on any atom is 0.220 e. The Hall–Kier alpha value is -2.34. The molecule has 2 aromatic rings. The van der Waals surface area contributed by atoms with E-state index in [9.17, 15) is 9.90 Å². The van der Waals surface area contributed by atoms with E-state index in [4.69, 9.17) is 5.73 Å². The zero-order valence-corrected chi connectivity index (χ0v) is 12.5. The van der Waals surface area contributed by atoms with Crippen LogP contribution in [-0.2, 0) is 4.79 Å². The second kappa shape index (κ2) is 5.81. The maximum absolute atomic E-state index is 11.5. The number of rotatable bonds is 3. The second-order valence-electron chi connectivity index (χ2n) is 5.69. The van der Waals surface area contributed by atoms with Gasteiger partial charge in [-0.05, 0) is 12.1 Å². The third-order valence-corrected chi connectivity index (χ3v) is 4.25. The Morgan fingerprint density at radius 2 is 2.23 bits per heavy atom. The molecule has 1 aliphatic rings. The van der Waals surface area contributed by atoms with Gasteiger partial charge < -0.3 is 21.1 Å². The number of pyridine rings is 1. The van der Waals surface area contributed by atoms with E-state index in [0.29, 0.717) is 25.2 Å². The molecular weight excluding hydrogens is 280 g/mol. The Morgan fingerprint density at radius 3 is 3.00 bits per heavy atom. The number of benzene rings is 1. The Balaban J connectivity index is 1.90. The summed E-state index contributed by atoms with van der Waals surface area (Å²) in [6.45, 7) is 1.08. The number of hydrogen-bond acceptors (Lipinski definition) is 5. The number of hydrogen-bond donors (Lipinski definition) is 3. The molecule has 0 radical (unpaired) electrons. The molecule has 1 fully saturated rings. The summed E-state index contributed by atoms with van der Waals surface area (Å²) in [5.41, 5.74) is 6.72. The van der Waals surface area contributed by atoms with Crippen molar-refractivity contribution in [1.82, 2.24) is 10.3 Å².